The van der Waals surface area contributed by atoms with Crippen LogP contribution in [0.25, 0.3) is 0 Å². The van der Waals surface area contributed by atoms with E-state index in [1.807, 2.05) is 0 Å². The molecule has 2 aromatic rings. The minimum atomic E-state index is -3.80. The van der Waals surface area contributed by atoms with Gasteiger partial charge in [-0.2, -0.15) is 9.41 Å². The summed E-state index contributed by atoms with van der Waals surface area (Å²) in [5.41, 5.74) is 10.0. The maximum absolute atomic E-state index is 12.6. The predicted molar refractivity (Wildman–Crippen MR) is 110 cm³/mol. The summed E-state index contributed by atoms with van der Waals surface area (Å²) in [4.78, 5) is 10.7. The van der Waals surface area contributed by atoms with Crippen LogP contribution < -0.4 is 11.2 Å². The molecular weight excluding hydrogens is 382 g/mol. The number of rotatable bonds is 8. The number of nitro groups is 1. The lowest BCUT2D eigenvalue weighted by molar-refractivity contribution is -0.384. The Hall–Kier alpha value is -2.98. The number of benzene rings is 2. The zero-order valence-electron chi connectivity index (χ0n) is 15.9. The van der Waals surface area contributed by atoms with Crippen LogP contribution >= 0.6 is 0 Å². The number of nitrogens with two attached hydrogens (primary N) is 1. The predicted octanol–water partition coefficient (Wildman–Crippen LogP) is 3.04. The number of sulfonamides is 1. The SMILES string of the molecule is CCN(CC)S(=O)(=O)c1ccc(N/N=C(/C)c2ccc(N)cc2)c([N+](=O)[O-])c1. The molecule has 150 valence electrons. The third kappa shape index (κ3) is 4.65. The van der Waals surface area contributed by atoms with Crippen molar-refractivity contribution >= 4 is 32.8 Å². The molecule has 0 unspecified atom stereocenters. The fourth-order valence-corrected chi connectivity index (χ4v) is 4.04. The standard InChI is InChI=1S/C18H23N5O4S/c1-4-22(5-2)28(26,27)16-10-11-17(18(12-16)23(24)25)21-20-13(3)14-6-8-15(19)9-7-14/h6-12,21H,4-5,19H2,1-3H3/b20-13-. The first-order valence-corrected chi connectivity index (χ1v) is 10.1. The first-order chi connectivity index (χ1) is 13.2. The Bertz CT molecular complexity index is 984. The second-order valence-electron chi connectivity index (χ2n) is 5.96. The number of anilines is 2. The van der Waals surface area contributed by atoms with E-state index < -0.39 is 14.9 Å². The van der Waals surface area contributed by atoms with Crippen molar-refractivity contribution in [1.29, 1.82) is 0 Å². The molecule has 0 aliphatic heterocycles. The van der Waals surface area contributed by atoms with Crippen LogP contribution in [-0.4, -0.2) is 36.4 Å². The molecule has 0 heterocycles. The van der Waals surface area contributed by atoms with Gasteiger partial charge in [0.1, 0.15) is 5.69 Å². The second-order valence-corrected chi connectivity index (χ2v) is 7.89. The van der Waals surface area contributed by atoms with Gasteiger partial charge in [-0.3, -0.25) is 15.5 Å². The van der Waals surface area contributed by atoms with Crippen molar-refractivity contribution in [3.63, 3.8) is 0 Å². The van der Waals surface area contributed by atoms with Gasteiger partial charge < -0.3 is 5.73 Å². The van der Waals surface area contributed by atoms with E-state index in [1.165, 1.54) is 16.4 Å². The molecule has 2 rings (SSSR count). The molecule has 0 bridgehead atoms. The highest BCUT2D eigenvalue weighted by molar-refractivity contribution is 7.89. The minimum Gasteiger partial charge on any atom is -0.399 e. The summed E-state index contributed by atoms with van der Waals surface area (Å²) in [5.74, 6) is 0. The van der Waals surface area contributed by atoms with Crippen molar-refractivity contribution < 1.29 is 13.3 Å². The molecule has 0 aromatic heterocycles. The second kappa shape index (κ2) is 8.81. The molecule has 0 saturated carbocycles. The summed E-state index contributed by atoms with van der Waals surface area (Å²) in [6.07, 6.45) is 0. The Morgan fingerprint density at radius 3 is 2.32 bits per heavy atom. The van der Waals surface area contributed by atoms with E-state index in [-0.39, 0.29) is 29.4 Å². The lowest BCUT2D eigenvalue weighted by atomic mass is 10.1. The fourth-order valence-electron chi connectivity index (χ4n) is 2.56. The minimum absolute atomic E-state index is 0.0956. The monoisotopic (exact) mass is 405 g/mol. The zero-order valence-corrected chi connectivity index (χ0v) is 16.7. The van der Waals surface area contributed by atoms with E-state index in [1.54, 1.807) is 45.0 Å². The molecule has 28 heavy (non-hydrogen) atoms. The van der Waals surface area contributed by atoms with Crippen LogP contribution in [0.2, 0.25) is 0 Å². The van der Waals surface area contributed by atoms with Gasteiger partial charge in [0.25, 0.3) is 5.69 Å². The average molecular weight is 405 g/mol. The molecule has 0 fully saturated rings. The lowest BCUT2D eigenvalue weighted by Crippen LogP contribution is -2.30. The highest BCUT2D eigenvalue weighted by Gasteiger charge is 2.25. The molecule has 0 saturated heterocycles. The third-order valence-electron chi connectivity index (χ3n) is 4.18. The molecule has 0 aliphatic rings. The molecule has 9 nitrogen and oxygen atoms in total. The van der Waals surface area contributed by atoms with Gasteiger partial charge in [0.2, 0.25) is 10.0 Å². The van der Waals surface area contributed by atoms with Crippen LogP contribution in [0.4, 0.5) is 17.1 Å². The van der Waals surface area contributed by atoms with Gasteiger partial charge in [0.05, 0.1) is 15.5 Å². The molecular formula is C18H23N5O4S. The summed E-state index contributed by atoms with van der Waals surface area (Å²) in [6, 6.07) is 10.7. The summed E-state index contributed by atoms with van der Waals surface area (Å²) in [5, 5.41) is 15.6. The topological polar surface area (TPSA) is 131 Å². The first-order valence-electron chi connectivity index (χ1n) is 8.65. The van der Waals surface area contributed by atoms with Crippen LogP contribution in [-0.2, 0) is 10.0 Å². The third-order valence-corrected chi connectivity index (χ3v) is 6.23. The van der Waals surface area contributed by atoms with E-state index in [0.717, 1.165) is 11.6 Å². The van der Waals surface area contributed by atoms with Crippen molar-refractivity contribution in [1.82, 2.24) is 4.31 Å². The number of hydrazone groups is 1. The van der Waals surface area contributed by atoms with Crippen LogP contribution in [0.1, 0.15) is 26.3 Å². The van der Waals surface area contributed by atoms with E-state index in [4.69, 9.17) is 5.73 Å². The first kappa shape index (κ1) is 21.3. The van der Waals surface area contributed by atoms with Gasteiger partial charge in [0.15, 0.2) is 0 Å². The van der Waals surface area contributed by atoms with Crippen molar-refractivity contribution in [2.45, 2.75) is 25.7 Å². The zero-order chi connectivity index (χ0) is 20.9. The van der Waals surface area contributed by atoms with Gasteiger partial charge in [-0.25, -0.2) is 8.42 Å². The maximum atomic E-state index is 12.6. The Labute approximate surface area is 164 Å². The van der Waals surface area contributed by atoms with Gasteiger partial charge in [-0.1, -0.05) is 26.0 Å². The Balaban J connectivity index is 2.37. The molecule has 3 N–H and O–H groups in total. The molecule has 0 spiro atoms. The molecule has 0 amide bonds. The number of hydrogen-bond acceptors (Lipinski definition) is 7. The number of nitrogen functional groups attached to an aromatic ring is 1. The van der Waals surface area contributed by atoms with Crippen molar-refractivity contribution in [2.75, 3.05) is 24.2 Å². The van der Waals surface area contributed by atoms with Crippen LogP contribution in [0.15, 0.2) is 52.5 Å². The summed E-state index contributed by atoms with van der Waals surface area (Å²) < 4.78 is 26.4. The van der Waals surface area contributed by atoms with Crippen molar-refractivity contribution in [3.8, 4) is 0 Å². The maximum Gasteiger partial charge on any atom is 0.295 e. The number of nitrogens with zero attached hydrogens (tertiary/aromatic N) is 3. The van der Waals surface area contributed by atoms with Crippen molar-refractivity contribution in [2.24, 2.45) is 5.10 Å². The summed E-state index contributed by atoms with van der Waals surface area (Å²) in [7, 11) is -3.80. The van der Waals surface area contributed by atoms with Crippen LogP contribution in [0.3, 0.4) is 0 Å². The normalized spacial score (nSPS) is 12.2. The van der Waals surface area contributed by atoms with E-state index in [2.05, 4.69) is 10.5 Å². The Morgan fingerprint density at radius 1 is 1.18 bits per heavy atom. The molecule has 10 heteroatoms. The number of nitro benzene ring substituents is 1. The van der Waals surface area contributed by atoms with E-state index >= 15 is 0 Å². The molecule has 2 aromatic carbocycles. The van der Waals surface area contributed by atoms with Crippen molar-refractivity contribution in [3.05, 3.63) is 58.1 Å². The highest BCUT2D eigenvalue weighted by atomic mass is 32.2. The number of nitrogens with one attached hydrogen (secondary N) is 1. The fraction of sp³-hybridized carbons (Fsp3) is 0.278. The number of hydrogen-bond donors (Lipinski definition) is 2. The summed E-state index contributed by atoms with van der Waals surface area (Å²) in [6.45, 7) is 5.71. The van der Waals surface area contributed by atoms with Gasteiger partial charge in [-0.15, -0.1) is 0 Å². The molecule has 0 radical (unpaired) electrons. The van der Waals surface area contributed by atoms with Gasteiger partial charge in [-0.05, 0) is 36.8 Å². The van der Waals surface area contributed by atoms with E-state index in [0.29, 0.717) is 11.4 Å². The Morgan fingerprint density at radius 2 is 1.79 bits per heavy atom. The van der Waals surface area contributed by atoms with Gasteiger partial charge in [0, 0.05) is 24.8 Å². The van der Waals surface area contributed by atoms with Crippen LogP contribution in [0, 0.1) is 10.1 Å². The smallest absolute Gasteiger partial charge is 0.295 e. The van der Waals surface area contributed by atoms with Crippen LogP contribution in [0.5, 0.6) is 0 Å². The molecule has 0 aliphatic carbocycles. The molecule has 0 atom stereocenters. The average Bonchev–Trinajstić information content (AvgIpc) is 2.67. The largest absolute Gasteiger partial charge is 0.399 e. The highest BCUT2D eigenvalue weighted by Crippen LogP contribution is 2.29. The Kier molecular flexibility index (Phi) is 6.71. The summed E-state index contributed by atoms with van der Waals surface area (Å²) >= 11 is 0. The quantitative estimate of drug-likeness (QED) is 0.300. The van der Waals surface area contributed by atoms with Gasteiger partial charge >= 0.3 is 0 Å². The van der Waals surface area contributed by atoms with E-state index in [9.17, 15) is 18.5 Å². The lowest BCUT2D eigenvalue weighted by Gasteiger charge is -2.18.